The molecule has 0 atom stereocenters. The molecule has 0 bridgehead atoms. The number of aromatic nitrogens is 2. The Bertz CT molecular complexity index is 1370. The minimum absolute atomic E-state index is 0.0980. The largest absolute Gasteiger partial charge is 0.326 e. The second kappa shape index (κ2) is 9.79. The number of fused-ring (bicyclic) bond motifs is 1. The molecule has 0 spiro atoms. The summed E-state index contributed by atoms with van der Waals surface area (Å²) in [5.41, 5.74) is 4.02. The molecular formula is C25H24N4O3S. The van der Waals surface area contributed by atoms with E-state index in [4.69, 9.17) is 0 Å². The van der Waals surface area contributed by atoms with Gasteiger partial charge in [-0.15, -0.1) is 11.3 Å². The molecule has 2 aromatic heterocycles. The fraction of sp³-hybridized carbons (Fsp3) is 0.200. The number of nitrogens with one attached hydrogen (secondary N) is 2. The molecule has 0 unspecified atom stereocenters. The first kappa shape index (κ1) is 22.4. The smallest absolute Gasteiger partial charge is 0.262 e. The van der Waals surface area contributed by atoms with Gasteiger partial charge in [0.1, 0.15) is 4.83 Å². The van der Waals surface area contributed by atoms with Gasteiger partial charge in [0.2, 0.25) is 11.8 Å². The third-order valence-electron chi connectivity index (χ3n) is 5.25. The van der Waals surface area contributed by atoms with Crippen LogP contribution in [0.5, 0.6) is 0 Å². The average molecular weight is 461 g/mol. The summed E-state index contributed by atoms with van der Waals surface area (Å²) in [4.78, 5) is 42.3. The Morgan fingerprint density at radius 3 is 2.42 bits per heavy atom. The zero-order chi connectivity index (χ0) is 23.4. The lowest BCUT2D eigenvalue weighted by Gasteiger charge is -2.09. The van der Waals surface area contributed by atoms with Crippen LogP contribution in [0.25, 0.3) is 21.3 Å². The number of benzene rings is 2. The molecule has 0 saturated carbocycles. The first-order valence-electron chi connectivity index (χ1n) is 10.7. The van der Waals surface area contributed by atoms with E-state index in [-0.39, 0.29) is 30.3 Å². The van der Waals surface area contributed by atoms with Crippen LogP contribution < -0.4 is 16.2 Å². The molecule has 0 aliphatic carbocycles. The monoisotopic (exact) mass is 460 g/mol. The van der Waals surface area contributed by atoms with Crippen LogP contribution in [0, 0.1) is 6.92 Å². The molecule has 8 heteroatoms. The highest BCUT2D eigenvalue weighted by Crippen LogP contribution is 2.30. The van der Waals surface area contributed by atoms with Gasteiger partial charge in [-0.05, 0) is 30.7 Å². The number of aryl methyl sites for hydroxylation is 2. The summed E-state index contributed by atoms with van der Waals surface area (Å²) in [5, 5.41) is 8.10. The van der Waals surface area contributed by atoms with E-state index in [0.717, 1.165) is 16.7 Å². The van der Waals surface area contributed by atoms with E-state index in [0.29, 0.717) is 28.0 Å². The second-order valence-corrected chi connectivity index (χ2v) is 8.58. The maximum Gasteiger partial charge on any atom is 0.262 e. The average Bonchev–Trinajstić information content (AvgIpc) is 3.24. The quantitative estimate of drug-likeness (QED) is 0.414. The lowest BCUT2D eigenvalue weighted by Crippen LogP contribution is -2.23. The number of anilines is 2. The Labute approximate surface area is 195 Å². The summed E-state index contributed by atoms with van der Waals surface area (Å²) in [5.74, 6) is -0.329. The highest BCUT2D eigenvalue weighted by Gasteiger charge is 2.14. The van der Waals surface area contributed by atoms with Gasteiger partial charge < -0.3 is 10.6 Å². The van der Waals surface area contributed by atoms with E-state index in [1.54, 1.807) is 31.2 Å². The minimum atomic E-state index is -0.231. The summed E-state index contributed by atoms with van der Waals surface area (Å²) < 4.78 is 1.48. The lowest BCUT2D eigenvalue weighted by atomic mass is 10.1. The van der Waals surface area contributed by atoms with Crippen molar-refractivity contribution in [2.45, 2.75) is 33.2 Å². The van der Waals surface area contributed by atoms with Gasteiger partial charge in [0.05, 0.1) is 11.7 Å². The van der Waals surface area contributed by atoms with Crippen LogP contribution in [0.2, 0.25) is 0 Å². The van der Waals surface area contributed by atoms with Crippen LogP contribution in [0.15, 0.2) is 65.0 Å². The Balaban J connectivity index is 1.48. The number of hydrogen-bond acceptors (Lipinski definition) is 5. The number of carbonyl (C=O) groups excluding carboxylic acids is 2. The van der Waals surface area contributed by atoms with Gasteiger partial charge in [-0.2, -0.15) is 0 Å². The summed E-state index contributed by atoms with van der Waals surface area (Å²) in [6.45, 7) is 4.00. The zero-order valence-electron chi connectivity index (χ0n) is 18.4. The van der Waals surface area contributed by atoms with Crippen molar-refractivity contribution in [3.63, 3.8) is 0 Å². The summed E-state index contributed by atoms with van der Waals surface area (Å²) in [7, 11) is 0. The van der Waals surface area contributed by atoms with E-state index in [1.165, 1.54) is 22.2 Å². The first-order valence-corrected chi connectivity index (χ1v) is 11.6. The van der Waals surface area contributed by atoms with E-state index in [1.807, 2.05) is 36.6 Å². The predicted octanol–water partition coefficient (Wildman–Crippen LogP) is 4.81. The molecule has 2 amide bonds. The van der Waals surface area contributed by atoms with Crippen molar-refractivity contribution in [2.75, 3.05) is 10.6 Å². The number of hydrogen-bond donors (Lipinski definition) is 2. The molecule has 0 aliphatic heterocycles. The van der Waals surface area contributed by atoms with Crippen LogP contribution in [0.4, 0.5) is 11.4 Å². The molecular weight excluding hydrogens is 436 g/mol. The summed E-state index contributed by atoms with van der Waals surface area (Å²) >= 11 is 1.44. The highest BCUT2D eigenvalue weighted by atomic mass is 32.1. The number of thiophene rings is 1. The number of rotatable bonds is 7. The van der Waals surface area contributed by atoms with Gasteiger partial charge in [-0.3, -0.25) is 19.0 Å². The lowest BCUT2D eigenvalue weighted by molar-refractivity contribution is -0.117. The van der Waals surface area contributed by atoms with E-state index in [9.17, 15) is 14.4 Å². The van der Waals surface area contributed by atoms with Crippen LogP contribution in [0.3, 0.4) is 0 Å². The predicted molar refractivity (Wildman–Crippen MR) is 133 cm³/mol. The molecule has 0 fully saturated rings. The molecule has 4 aromatic rings. The van der Waals surface area contributed by atoms with Gasteiger partial charge >= 0.3 is 0 Å². The Kier molecular flexibility index (Phi) is 6.65. The Morgan fingerprint density at radius 1 is 1.03 bits per heavy atom. The van der Waals surface area contributed by atoms with Crippen molar-refractivity contribution in [1.29, 1.82) is 0 Å². The van der Waals surface area contributed by atoms with Crippen LogP contribution in [0.1, 0.15) is 25.3 Å². The fourth-order valence-corrected chi connectivity index (χ4v) is 4.35. The maximum atomic E-state index is 13.2. The van der Waals surface area contributed by atoms with Crippen molar-refractivity contribution >= 4 is 44.7 Å². The van der Waals surface area contributed by atoms with Crippen LogP contribution >= 0.6 is 11.3 Å². The molecule has 2 heterocycles. The molecule has 168 valence electrons. The van der Waals surface area contributed by atoms with Crippen molar-refractivity contribution in [1.82, 2.24) is 9.55 Å². The number of amides is 2. The van der Waals surface area contributed by atoms with Crippen molar-refractivity contribution in [3.05, 3.63) is 76.2 Å². The van der Waals surface area contributed by atoms with E-state index < -0.39 is 0 Å². The molecule has 0 saturated heterocycles. The second-order valence-electron chi connectivity index (χ2n) is 7.72. The van der Waals surface area contributed by atoms with Crippen LogP contribution in [-0.2, 0) is 16.1 Å². The third kappa shape index (κ3) is 5.18. The fourth-order valence-electron chi connectivity index (χ4n) is 3.44. The van der Waals surface area contributed by atoms with Gasteiger partial charge in [0.25, 0.3) is 5.56 Å². The normalized spacial score (nSPS) is 10.8. The molecule has 0 aliphatic rings. The molecule has 33 heavy (non-hydrogen) atoms. The van der Waals surface area contributed by atoms with Gasteiger partial charge in [0, 0.05) is 41.7 Å². The van der Waals surface area contributed by atoms with Gasteiger partial charge in [0.15, 0.2) is 0 Å². The maximum absolute atomic E-state index is 13.2. The topological polar surface area (TPSA) is 93.1 Å². The van der Waals surface area contributed by atoms with Crippen molar-refractivity contribution in [3.8, 4) is 11.1 Å². The molecule has 7 nitrogen and oxygen atoms in total. The van der Waals surface area contributed by atoms with Gasteiger partial charge in [-0.1, -0.05) is 42.8 Å². The van der Waals surface area contributed by atoms with Crippen LogP contribution in [-0.4, -0.2) is 21.4 Å². The van der Waals surface area contributed by atoms with E-state index >= 15 is 0 Å². The summed E-state index contributed by atoms with van der Waals surface area (Å²) in [6, 6.07) is 15.0. The minimum Gasteiger partial charge on any atom is -0.326 e. The molecule has 2 N–H and O–H groups in total. The van der Waals surface area contributed by atoms with Gasteiger partial charge in [-0.25, -0.2) is 4.98 Å². The number of nitrogens with zero attached hydrogens (tertiary/aromatic N) is 2. The Morgan fingerprint density at radius 2 is 1.73 bits per heavy atom. The zero-order valence-corrected chi connectivity index (χ0v) is 19.2. The third-order valence-corrected chi connectivity index (χ3v) is 6.14. The van der Waals surface area contributed by atoms with E-state index in [2.05, 4.69) is 15.6 Å². The molecule has 2 aromatic carbocycles. The first-order chi connectivity index (χ1) is 15.9. The van der Waals surface area contributed by atoms with Crippen molar-refractivity contribution in [2.24, 2.45) is 0 Å². The number of carbonyl (C=O) groups is 2. The Hall–Kier alpha value is -3.78. The molecule has 0 radical (unpaired) electrons. The summed E-state index contributed by atoms with van der Waals surface area (Å²) in [6.07, 6.45) is 1.98. The standard InChI is InChI=1S/C25H24N4O3S/c1-3-21(30)27-18-5-4-6-19(13-18)28-22(31)11-12-29-15-26-24-23(25(29)32)20(14-33-24)17-9-7-16(2)8-10-17/h4-10,13-15H,3,11-12H2,1-2H3,(H,27,30)(H,28,31). The highest BCUT2D eigenvalue weighted by molar-refractivity contribution is 7.17. The van der Waals surface area contributed by atoms with Crippen molar-refractivity contribution < 1.29 is 9.59 Å². The molecule has 4 rings (SSSR count). The SMILES string of the molecule is CCC(=O)Nc1cccc(NC(=O)CCn2cnc3scc(-c4ccc(C)cc4)c3c2=O)c1.